The highest BCUT2D eigenvalue weighted by Crippen LogP contribution is 2.34. The molecular weight excluding hydrogens is 975 g/mol. The molecule has 0 aromatic heterocycles. The first-order chi connectivity index (χ1) is 34.9. The SMILES string of the molecule is CCCCCCCCOc1ccc(C(=O)N[C@@H]2C[C@@H](O)[C@@H](O)NC(=O)[C@]3(O)[C@@H](O)[C@@H](C)CN3C(=O)[C@H]([C@@H](C)O)NC(=O)[C@H]([C@H](O)[C@@H](O)c3ccc(O)cc3)NC(=O)[C@@H]3C[C@@H](O)CN3C(=O)[C@H]([C@@H](C)O)NC2=O)cc1. The summed E-state index contributed by atoms with van der Waals surface area (Å²) in [5.74, 6) is -10.2. The molecule has 15 atom stereocenters. The van der Waals surface area contributed by atoms with Crippen LogP contribution in [0.15, 0.2) is 48.5 Å². The molecule has 0 saturated carbocycles. The molecule has 2 aromatic carbocycles. The van der Waals surface area contributed by atoms with Gasteiger partial charge in [0.25, 0.3) is 17.7 Å². The minimum Gasteiger partial charge on any atom is -0.508 e. The minimum absolute atomic E-state index is 0.0303. The predicted octanol–water partition coefficient (Wildman–Crippen LogP) is -3.77. The maximum atomic E-state index is 14.4. The highest BCUT2D eigenvalue weighted by molar-refractivity contribution is 6.00. The van der Waals surface area contributed by atoms with Gasteiger partial charge >= 0.3 is 0 Å². The number of phenolic OH excluding ortho intramolecular Hbond substituents is 1. The van der Waals surface area contributed by atoms with E-state index < -0.39 is 158 Å². The average molecular weight is 1050 g/mol. The zero-order chi connectivity index (χ0) is 54.8. The van der Waals surface area contributed by atoms with E-state index in [1.807, 2.05) is 5.32 Å². The molecule has 0 radical (unpaired) electrons. The Balaban J connectivity index is 1.53. The molecule has 3 aliphatic heterocycles. The molecule has 3 saturated heterocycles. The Bertz CT molecular complexity index is 2270. The van der Waals surface area contributed by atoms with Crippen LogP contribution < -0.4 is 31.3 Å². The van der Waals surface area contributed by atoms with Crippen LogP contribution in [0.3, 0.4) is 0 Å². The number of phenols is 1. The van der Waals surface area contributed by atoms with Crippen molar-refractivity contribution in [3.05, 3.63) is 59.7 Å². The van der Waals surface area contributed by atoms with Crippen LogP contribution in [0.25, 0.3) is 0 Å². The summed E-state index contributed by atoms with van der Waals surface area (Å²) in [6.45, 7) is 4.70. The van der Waals surface area contributed by atoms with E-state index in [-0.39, 0.29) is 16.9 Å². The maximum absolute atomic E-state index is 14.4. The number of aliphatic hydroxyl groups is 9. The predicted molar refractivity (Wildman–Crippen MR) is 258 cm³/mol. The number of aromatic hydroxyl groups is 1. The number of nitrogens with one attached hydrogen (secondary N) is 5. The smallest absolute Gasteiger partial charge is 0.278 e. The van der Waals surface area contributed by atoms with E-state index >= 15 is 0 Å². The summed E-state index contributed by atoms with van der Waals surface area (Å²) in [4.78, 5) is 100. The number of hydrogen-bond donors (Lipinski definition) is 15. The van der Waals surface area contributed by atoms with E-state index in [0.717, 1.165) is 69.4 Å². The molecule has 25 nitrogen and oxygen atoms in total. The van der Waals surface area contributed by atoms with Crippen LogP contribution >= 0.6 is 0 Å². The molecule has 3 heterocycles. The largest absolute Gasteiger partial charge is 0.508 e. The average Bonchev–Trinajstić information content (AvgIpc) is 3.87. The molecule has 0 bridgehead atoms. The second-order valence-electron chi connectivity index (χ2n) is 19.3. The van der Waals surface area contributed by atoms with Crippen LogP contribution in [0, 0.1) is 5.92 Å². The van der Waals surface area contributed by atoms with Crippen molar-refractivity contribution in [2.45, 2.75) is 164 Å². The van der Waals surface area contributed by atoms with Gasteiger partial charge in [0.1, 0.15) is 66.1 Å². The molecule has 0 aliphatic carbocycles. The number of benzene rings is 2. The summed E-state index contributed by atoms with van der Waals surface area (Å²) in [5, 5.41) is 122. The summed E-state index contributed by atoms with van der Waals surface area (Å²) < 4.78 is 5.80. The van der Waals surface area contributed by atoms with Crippen molar-refractivity contribution in [3.8, 4) is 11.5 Å². The molecule has 25 heteroatoms. The van der Waals surface area contributed by atoms with Gasteiger partial charge in [0.2, 0.25) is 29.4 Å². The molecule has 74 heavy (non-hydrogen) atoms. The summed E-state index contributed by atoms with van der Waals surface area (Å²) in [5.41, 5.74) is -3.45. The van der Waals surface area contributed by atoms with E-state index in [4.69, 9.17) is 4.74 Å². The van der Waals surface area contributed by atoms with Crippen molar-refractivity contribution in [3.63, 3.8) is 0 Å². The number of nitrogens with zero attached hydrogens (tertiary/aromatic N) is 2. The van der Waals surface area contributed by atoms with Gasteiger partial charge in [0.05, 0.1) is 24.9 Å². The van der Waals surface area contributed by atoms with Gasteiger partial charge in [0.15, 0.2) is 6.23 Å². The lowest BCUT2D eigenvalue weighted by Crippen LogP contribution is -2.68. The van der Waals surface area contributed by atoms with Crippen molar-refractivity contribution in [1.29, 1.82) is 0 Å². The zero-order valence-corrected chi connectivity index (χ0v) is 41.6. The Morgan fingerprint density at radius 2 is 1.32 bits per heavy atom. The first kappa shape index (κ1) is 58.9. The molecule has 0 spiro atoms. The van der Waals surface area contributed by atoms with E-state index in [1.54, 1.807) is 0 Å². The Morgan fingerprint density at radius 3 is 1.95 bits per heavy atom. The number of unbranched alkanes of at least 4 members (excludes halogenated alkanes) is 5. The van der Waals surface area contributed by atoms with Crippen LogP contribution in [0.2, 0.25) is 0 Å². The summed E-state index contributed by atoms with van der Waals surface area (Å²) in [6.07, 6.45) is -11.6. The number of rotatable bonds is 15. The minimum atomic E-state index is -3.32. The lowest BCUT2D eigenvalue weighted by Gasteiger charge is -2.38. The topological polar surface area (TPSA) is 398 Å². The van der Waals surface area contributed by atoms with Gasteiger partial charge in [-0.1, -0.05) is 58.1 Å². The molecule has 5 rings (SSSR count). The number of aliphatic hydroxyl groups excluding tert-OH is 8. The standard InChI is InChI=1S/C49H71N7O18/c1-5-6-7-8-9-10-19-74-31-17-13-28(14-18-31)41(65)50-32-21-34(61)44(68)54-48(72)49(73)40(64)24(2)22-56(49)47(71)36(26(4)58)52-45(69)37(39(63)38(62)27-11-15-29(59)16-12-27)53-43(67)33-20-30(60)23-55(33)46(70)35(25(3)57)51-42(32)66/h11-18,24-26,30,32-40,44,57-64,68,73H,5-10,19-23H2,1-4H3,(H,50,65)(H,51,66)(H,52,69)(H,53,67)(H,54,72)/t24-,25+,26+,30+,32+,33-,34+,35-,36-,37-,38-,39-,40-,44+,49+/m0/s1. The Morgan fingerprint density at radius 1 is 0.743 bits per heavy atom. The molecule has 410 valence electrons. The third kappa shape index (κ3) is 14.0. The summed E-state index contributed by atoms with van der Waals surface area (Å²) in [7, 11) is 0. The zero-order valence-electron chi connectivity index (χ0n) is 41.6. The highest BCUT2D eigenvalue weighted by Gasteiger charge is 2.60. The fraction of sp³-hybridized carbons (Fsp3) is 0.612. The molecular formula is C49H71N7O18. The molecule has 7 amide bonds. The summed E-state index contributed by atoms with van der Waals surface area (Å²) >= 11 is 0. The van der Waals surface area contributed by atoms with Gasteiger partial charge in [0, 0.05) is 37.4 Å². The first-order valence-corrected chi connectivity index (χ1v) is 24.7. The number of carbonyl (C=O) groups excluding carboxylic acids is 7. The Kier molecular flexibility index (Phi) is 20.6. The van der Waals surface area contributed by atoms with E-state index in [1.165, 1.54) is 43.3 Å². The lowest BCUT2D eigenvalue weighted by molar-refractivity contribution is -0.188. The second-order valence-corrected chi connectivity index (χ2v) is 19.3. The molecule has 3 fully saturated rings. The number of ether oxygens (including phenoxy) is 1. The Hall–Kier alpha value is -6.03. The normalized spacial score (nSPS) is 30.3. The molecule has 15 N–H and O–H groups in total. The maximum Gasteiger partial charge on any atom is 0.278 e. The van der Waals surface area contributed by atoms with Crippen LogP contribution in [0.1, 0.15) is 101 Å². The monoisotopic (exact) mass is 1050 g/mol. The van der Waals surface area contributed by atoms with Crippen molar-refractivity contribution < 1.29 is 89.4 Å². The van der Waals surface area contributed by atoms with Crippen molar-refractivity contribution in [2.75, 3.05) is 19.7 Å². The van der Waals surface area contributed by atoms with Crippen molar-refractivity contribution in [1.82, 2.24) is 36.4 Å². The number of carbonyl (C=O) groups is 7. The van der Waals surface area contributed by atoms with Gasteiger partial charge in [-0.2, -0.15) is 0 Å². The summed E-state index contributed by atoms with van der Waals surface area (Å²) in [6, 6.07) is 0.227. The Labute approximate surface area is 426 Å². The third-order valence-electron chi connectivity index (χ3n) is 13.5. The number of fused-ring (bicyclic) bond motifs is 2. The van der Waals surface area contributed by atoms with Gasteiger partial charge in [-0.3, -0.25) is 33.6 Å². The van der Waals surface area contributed by atoms with E-state index in [0.29, 0.717) is 17.3 Å². The number of hydrogen-bond acceptors (Lipinski definition) is 18. The fourth-order valence-corrected chi connectivity index (χ4v) is 9.09. The third-order valence-corrected chi connectivity index (χ3v) is 13.5. The fourth-order valence-electron chi connectivity index (χ4n) is 9.09. The van der Waals surface area contributed by atoms with Gasteiger partial charge in [-0.05, 0) is 62.2 Å². The molecule has 0 unspecified atom stereocenters. The van der Waals surface area contributed by atoms with Crippen LogP contribution in [0.4, 0.5) is 0 Å². The second kappa shape index (κ2) is 26.0. The first-order valence-electron chi connectivity index (χ1n) is 24.7. The highest BCUT2D eigenvalue weighted by atomic mass is 16.5. The van der Waals surface area contributed by atoms with Gasteiger partial charge in [-0.15, -0.1) is 0 Å². The van der Waals surface area contributed by atoms with Gasteiger partial charge in [-0.25, -0.2) is 0 Å². The molecule has 2 aromatic rings. The molecule has 3 aliphatic rings. The van der Waals surface area contributed by atoms with E-state index in [2.05, 4.69) is 28.2 Å². The van der Waals surface area contributed by atoms with Crippen LogP contribution in [-0.4, -0.2) is 201 Å². The van der Waals surface area contributed by atoms with Crippen molar-refractivity contribution in [2.24, 2.45) is 5.92 Å². The van der Waals surface area contributed by atoms with Crippen LogP contribution in [-0.2, 0) is 28.8 Å². The lowest BCUT2D eigenvalue weighted by atomic mass is 9.96. The quantitative estimate of drug-likeness (QED) is 0.0762. The van der Waals surface area contributed by atoms with Crippen molar-refractivity contribution >= 4 is 41.4 Å². The number of amides is 7. The van der Waals surface area contributed by atoms with Crippen LogP contribution in [0.5, 0.6) is 11.5 Å². The van der Waals surface area contributed by atoms with Gasteiger partial charge < -0.3 is 92.2 Å². The van der Waals surface area contributed by atoms with E-state index in [9.17, 15) is 84.6 Å².